The number of allylic oxidation sites excluding steroid dienone is 1. The average Bonchev–Trinajstić information content (AvgIpc) is 3.00. The third-order valence-corrected chi connectivity index (χ3v) is 9.41. The van der Waals surface area contributed by atoms with Gasteiger partial charge in [0, 0.05) is 5.41 Å². The maximum atomic E-state index is 11.4. The van der Waals surface area contributed by atoms with Crippen LogP contribution in [0.5, 0.6) is 5.75 Å². The van der Waals surface area contributed by atoms with Crippen molar-refractivity contribution in [1.82, 2.24) is 0 Å². The first-order valence-corrected chi connectivity index (χ1v) is 11.8. The van der Waals surface area contributed by atoms with Gasteiger partial charge in [-0.1, -0.05) is 43.7 Å². The first-order chi connectivity index (χ1) is 14.3. The fourth-order valence-electron chi connectivity index (χ4n) is 7.55. The molecule has 0 saturated heterocycles. The lowest BCUT2D eigenvalue weighted by atomic mass is 9.48. The molecule has 0 amide bonds. The van der Waals surface area contributed by atoms with Gasteiger partial charge in [-0.3, -0.25) is 0 Å². The van der Waals surface area contributed by atoms with E-state index in [1.165, 1.54) is 17.6 Å². The predicted molar refractivity (Wildman–Crippen MR) is 120 cm³/mol. The van der Waals surface area contributed by atoms with Crippen LogP contribution in [0, 0.1) is 28.6 Å². The van der Waals surface area contributed by atoms with Crippen molar-refractivity contribution < 1.29 is 14.9 Å². The third-order valence-electron chi connectivity index (χ3n) is 9.41. The number of hydrogen-bond acceptors (Lipinski definition) is 3. The molecule has 0 bridgehead atoms. The third kappa shape index (κ3) is 3.00. The first-order valence-electron chi connectivity index (χ1n) is 11.8. The Morgan fingerprint density at radius 3 is 2.50 bits per heavy atom. The van der Waals surface area contributed by atoms with Gasteiger partial charge in [-0.2, -0.15) is 0 Å². The molecule has 0 aliphatic heterocycles. The Morgan fingerprint density at radius 2 is 1.77 bits per heavy atom. The minimum absolute atomic E-state index is 0.0185. The van der Waals surface area contributed by atoms with Gasteiger partial charge in [0.1, 0.15) is 5.75 Å². The van der Waals surface area contributed by atoms with Gasteiger partial charge < -0.3 is 14.9 Å². The Labute approximate surface area is 180 Å². The number of aliphatic hydroxyl groups is 2. The average molecular weight is 409 g/mol. The lowest BCUT2D eigenvalue weighted by Crippen LogP contribution is -2.51. The number of fused-ring (bicyclic) bond motifs is 5. The number of rotatable bonds is 2. The second-order valence-corrected chi connectivity index (χ2v) is 10.8. The Kier molecular flexibility index (Phi) is 4.91. The van der Waals surface area contributed by atoms with Crippen molar-refractivity contribution in [3.63, 3.8) is 0 Å². The maximum Gasteiger partial charge on any atom is 0.118 e. The highest BCUT2D eigenvalue weighted by Gasteiger charge is 2.59. The minimum atomic E-state index is -0.350. The summed E-state index contributed by atoms with van der Waals surface area (Å²) >= 11 is 0. The Balaban J connectivity index is 1.44. The molecular formula is C27H36O3. The van der Waals surface area contributed by atoms with E-state index in [0.717, 1.165) is 49.8 Å². The van der Waals surface area contributed by atoms with E-state index >= 15 is 0 Å². The number of methoxy groups -OCH3 is 1. The molecule has 1 aromatic rings. The van der Waals surface area contributed by atoms with Crippen LogP contribution in [-0.4, -0.2) is 29.5 Å². The van der Waals surface area contributed by atoms with E-state index < -0.39 is 0 Å². The Hall–Kier alpha value is -1.58. The molecule has 0 spiro atoms. The maximum absolute atomic E-state index is 11.4. The molecule has 4 aliphatic carbocycles. The van der Waals surface area contributed by atoms with Crippen LogP contribution in [0.4, 0.5) is 0 Å². The van der Waals surface area contributed by atoms with Crippen molar-refractivity contribution in [2.45, 2.75) is 71.0 Å². The highest BCUT2D eigenvalue weighted by molar-refractivity contribution is 5.56. The van der Waals surface area contributed by atoms with Crippen molar-refractivity contribution in [2.24, 2.45) is 28.6 Å². The molecule has 3 saturated carbocycles. The zero-order valence-electron chi connectivity index (χ0n) is 18.6. The largest absolute Gasteiger partial charge is 0.497 e. The van der Waals surface area contributed by atoms with Crippen molar-refractivity contribution in [1.29, 1.82) is 0 Å². The van der Waals surface area contributed by atoms with E-state index in [-0.39, 0.29) is 23.0 Å². The SMILES string of the molecule is COc1ccc(/C=C2\C[C@H]3[C@@H]4CC=C5C[C@H](O)CC[C@]5(C)[C@H]4CC[C@]3(C)[C@H]2O)cc1. The highest BCUT2D eigenvalue weighted by Crippen LogP contribution is 2.65. The normalized spacial score (nSPS) is 44.1. The summed E-state index contributed by atoms with van der Waals surface area (Å²) in [5.41, 5.74) is 4.08. The fourth-order valence-corrected chi connectivity index (χ4v) is 7.55. The molecule has 0 aromatic heterocycles. The van der Waals surface area contributed by atoms with Crippen LogP contribution in [0.25, 0.3) is 6.08 Å². The standard InChI is InChI=1S/C27H36O3/c1-26-12-10-20(28)16-19(26)6-9-22-23(26)11-13-27(2)24(22)15-18(25(27)29)14-17-4-7-21(30-3)8-5-17/h4-8,14,20,22-25,28-29H,9-13,15-16H2,1-3H3/b18-14+/t20-,22-,23+,24+,25+,26+,27+/m1/s1. The van der Waals surface area contributed by atoms with Crippen LogP contribution in [0.2, 0.25) is 0 Å². The van der Waals surface area contributed by atoms with Gasteiger partial charge in [0.05, 0.1) is 19.3 Å². The molecule has 5 rings (SSSR count). The summed E-state index contributed by atoms with van der Waals surface area (Å²) in [6, 6.07) is 8.14. The van der Waals surface area contributed by atoms with E-state index in [0.29, 0.717) is 17.8 Å². The number of benzene rings is 1. The van der Waals surface area contributed by atoms with Gasteiger partial charge >= 0.3 is 0 Å². The molecule has 3 heteroatoms. The summed E-state index contributed by atoms with van der Waals surface area (Å²) in [6.07, 6.45) is 11.5. The summed E-state index contributed by atoms with van der Waals surface area (Å²) in [6.45, 7) is 4.79. The van der Waals surface area contributed by atoms with Crippen LogP contribution >= 0.6 is 0 Å². The van der Waals surface area contributed by atoms with E-state index in [1.54, 1.807) is 7.11 Å². The summed E-state index contributed by atoms with van der Waals surface area (Å²) in [4.78, 5) is 0. The van der Waals surface area contributed by atoms with Crippen LogP contribution in [0.15, 0.2) is 41.5 Å². The number of aliphatic hydroxyl groups excluding tert-OH is 2. The minimum Gasteiger partial charge on any atom is -0.497 e. The lowest BCUT2D eigenvalue weighted by molar-refractivity contribution is -0.0685. The van der Waals surface area contributed by atoms with Gasteiger partial charge in [0.2, 0.25) is 0 Å². The van der Waals surface area contributed by atoms with E-state index in [4.69, 9.17) is 4.74 Å². The molecule has 0 radical (unpaired) electrons. The molecular weight excluding hydrogens is 372 g/mol. The number of hydrogen-bond donors (Lipinski definition) is 2. The molecule has 0 unspecified atom stereocenters. The summed E-state index contributed by atoms with van der Waals surface area (Å²) in [5.74, 6) is 2.74. The van der Waals surface area contributed by atoms with E-state index in [9.17, 15) is 10.2 Å². The number of ether oxygens (including phenoxy) is 1. The van der Waals surface area contributed by atoms with Crippen LogP contribution < -0.4 is 4.74 Å². The second-order valence-electron chi connectivity index (χ2n) is 10.8. The summed E-state index contributed by atoms with van der Waals surface area (Å²) < 4.78 is 5.28. The molecule has 3 nitrogen and oxygen atoms in total. The zero-order chi connectivity index (χ0) is 21.1. The quantitative estimate of drug-likeness (QED) is 0.647. The molecule has 2 N–H and O–H groups in total. The molecule has 30 heavy (non-hydrogen) atoms. The highest BCUT2D eigenvalue weighted by atomic mass is 16.5. The molecule has 3 fully saturated rings. The van der Waals surface area contributed by atoms with Crippen LogP contribution in [-0.2, 0) is 0 Å². The monoisotopic (exact) mass is 408 g/mol. The molecule has 0 heterocycles. The Morgan fingerprint density at radius 1 is 1.00 bits per heavy atom. The zero-order valence-corrected chi connectivity index (χ0v) is 18.6. The molecule has 7 atom stereocenters. The molecule has 4 aliphatic rings. The van der Waals surface area contributed by atoms with Crippen LogP contribution in [0.3, 0.4) is 0 Å². The van der Waals surface area contributed by atoms with Crippen LogP contribution in [0.1, 0.15) is 64.4 Å². The topological polar surface area (TPSA) is 49.7 Å². The van der Waals surface area contributed by atoms with Gasteiger partial charge in [0.15, 0.2) is 0 Å². The smallest absolute Gasteiger partial charge is 0.118 e. The lowest BCUT2D eigenvalue weighted by Gasteiger charge is -2.57. The van der Waals surface area contributed by atoms with Gasteiger partial charge in [-0.15, -0.1) is 0 Å². The van der Waals surface area contributed by atoms with Crippen molar-refractivity contribution in [2.75, 3.05) is 7.11 Å². The fraction of sp³-hybridized carbons (Fsp3) is 0.630. The summed E-state index contributed by atoms with van der Waals surface area (Å²) in [7, 11) is 1.69. The van der Waals surface area contributed by atoms with Crippen molar-refractivity contribution >= 4 is 6.08 Å². The molecule has 1 aromatic carbocycles. The van der Waals surface area contributed by atoms with Crippen molar-refractivity contribution in [3.05, 3.63) is 47.1 Å². The van der Waals surface area contributed by atoms with Gasteiger partial charge in [-0.25, -0.2) is 0 Å². The van der Waals surface area contributed by atoms with E-state index in [2.05, 4.69) is 38.1 Å². The summed E-state index contributed by atoms with van der Waals surface area (Å²) in [5, 5.41) is 21.6. The van der Waals surface area contributed by atoms with E-state index in [1.807, 2.05) is 12.1 Å². The van der Waals surface area contributed by atoms with Gasteiger partial charge in [0.25, 0.3) is 0 Å². The molecule has 162 valence electrons. The second kappa shape index (κ2) is 7.24. The first kappa shape index (κ1) is 20.3. The van der Waals surface area contributed by atoms with Crippen molar-refractivity contribution in [3.8, 4) is 5.75 Å². The predicted octanol–water partition coefficient (Wildman–Crippen LogP) is 5.37. The van der Waals surface area contributed by atoms with Gasteiger partial charge in [-0.05, 0) is 91.4 Å². The Bertz CT molecular complexity index is 869.